The van der Waals surface area contributed by atoms with Crippen molar-refractivity contribution >= 4 is 11.8 Å². The van der Waals surface area contributed by atoms with E-state index >= 15 is 0 Å². The topological polar surface area (TPSA) is 106 Å². The highest BCUT2D eigenvalue weighted by molar-refractivity contribution is 5.67. The number of hydrogen-bond acceptors (Lipinski definition) is 6. The minimum Gasteiger partial charge on any atom is -0.492 e. The average Bonchev–Trinajstić information content (AvgIpc) is 2.49. The number of nitro groups is 1. The fourth-order valence-corrected chi connectivity index (χ4v) is 1.75. The van der Waals surface area contributed by atoms with Gasteiger partial charge < -0.3 is 14.4 Å². The predicted octanol–water partition coefficient (Wildman–Crippen LogP) is 3.10. The molecule has 1 aromatic carbocycles. The Balaban J connectivity index is 2.53. The van der Waals surface area contributed by atoms with Gasteiger partial charge in [-0.3, -0.25) is 10.1 Å². The van der Waals surface area contributed by atoms with Gasteiger partial charge in [-0.05, 0) is 33.3 Å². The zero-order valence-corrected chi connectivity index (χ0v) is 14.2. The van der Waals surface area contributed by atoms with E-state index in [1.807, 2.05) is 6.07 Å². The highest BCUT2D eigenvalue weighted by Crippen LogP contribution is 2.24. The first-order chi connectivity index (χ1) is 11.1. The quantitative estimate of drug-likeness (QED) is 0.449. The summed E-state index contributed by atoms with van der Waals surface area (Å²) in [5, 5.41) is 19.8. The van der Waals surface area contributed by atoms with E-state index in [-0.39, 0.29) is 23.6 Å². The number of rotatable bonds is 6. The number of nitriles is 1. The van der Waals surface area contributed by atoms with E-state index in [1.54, 1.807) is 27.8 Å². The van der Waals surface area contributed by atoms with Crippen molar-refractivity contribution in [2.75, 3.05) is 20.2 Å². The van der Waals surface area contributed by atoms with E-state index in [0.29, 0.717) is 13.0 Å². The van der Waals surface area contributed by atoms with E-state index in [2.05, 4.69) is 0 Å². The lowest BCUT2D eigenvalue weighted by Gasteiger charge is -2.24. The van der Waals surface area contributed by atoms with Crippen molar-refractivity contribution in [2.24, 2.45) is 0 Å². The van der Waals surface area contributed by atoms with Gasteiger partial charge in [-0.1, -0.05) is 0 Å². The Morgan fingerprint density at radius 1 is 1.42 bits per heavy atom. The molecule has 0 radical (unpaired) electrons. The van der Waals surface area contributed by atoms with E-state index in [9.17, 15) is 14.9 Å². The largest absolute Gasteiger partial charge is 0.492 e. The minimum absolute atomic E-state index is 0.144. The number of hydrogen-bond donors (Lipinski definition) is 0. The molecule has 0 aliphatic rings. The summed E-state index contributed by atoms with van der Waals surface area (Å²) in [7, 11) is 1.61. The molecular weight excluding hydrogens is 314 g/mol. The van der Waals surface area contributed by atoms with Crippen LogP contribution in [0.25, 0.3) is 0 Å². The zero-order valence-electron chi connectivity index (χ0n) is 14.2. The molecule has 0 heterocycles. The lowest BCUT2D eigenvalue weighted by Crippen LogP contribution is -2.35. The Hall–Kier alpha value is -2.82. The number of ether oxygens (including phenoxy) is 2. The summed E-state index contributed by atoms with van der Waals surface area (Å²) in [6, 6.07) is 5.74. The first kappa shape index (κ1) is 19.2. The maximum absolute atomic E-state index is 11.8. The molecule has 0 saturated carbocycles. The predicted molar refractivity (Wildman–Crippen MR) is 86.8 cm³/mol. The van der Waals surface area contributed by atoms with Crippen LogP contribution in [-0.2, 0) is 4.74 Å². The number of nitro benzene ring substituents is 1. The van der Waals surface area contributed by atoms with Crippen LogP contribution in [0, 0.1) is 21.4 Å². The molecule has 0 fully saturated rings. The van der Waals surface area contributed by atoms with Crippen LogP contribution in [0.2, 0.25) is 0 Å². The molecule has 1 rings (SSSR count). The first-order valence-corrected chi connectivity index (χ1v) is 7.39. The second kappa shape index (κ2) is 8.15. The summed E-state index contributed by atoms with van der Waals surface area (Å²) >= 11 is 0. The van der Waals surface area contributed by atoms with Crippen LogP contribution < -0.4 is 4.74 Å². The van der Waals surface area contributed by atoms with Gasteiger partial charge in [0, 0.05) is 19.7 Å². The number of benzene rings is 1. The molecule has 0 unspecified atom stereocenters. The summed E-state index contributed by atoms with van der Waals surface area (Å²) in [6.07, 6.45) is 0.0547. The van der Waals surface area contributed by atoms with Crippen molar-refractivity contribution in [3.8, 4) is 11.8 Å². The standard InChI is InChI=1S/C16H21N3O5/c1-16(2,3)24-15(20)18(4)8-5-9-23-14-10-13(19(21)22)7-6-12(14)11-17/h6-7,10H,5,8-9H2,1-4H3. The van der Waals surface area contributed by atoms with Gasteiger partial charge in [-0.15, -0.1) is 0 Å². The number of amides is 1. The molecular formula is C16H21N3O5. The van der Waals surface area contributed by atoms with Gasteiger partial charge >= 0.3 is 6.09 Å². The molecule has 0 saturated heterocycles. The van der Waals surface area contributed by atoms with E-state index in [0.717, 1.165) is 0 Å². The van der Waals surface area contributed by atoms with Crippen LogP contribution in [0.4, 0.5) is 10.5 Å². The molecule has 8 nitrogen and oxygen atoms in total. The molecule has 0 bridgehead atoms. The molecule has 1 aromatic rings. The molecule has 1 amide bonds. The minimum atomic E-state index is -0.563. The number of non-ortho nitro benzene ring substituents is 1. The highest BCUT2D eigenvalue weighted by Gasteiger charge is 2.19. The van der Waals surface area contributed by atoms with Crippen LogP contribution in [-0.4, -0.2) is 41.7 Å². The fourth-order valence-electron chi connectivity index (χ4n) is 1.75. The lowest BCUT2D eigenvalue weighted by molar-refractivity contribution is -0.384. The van der Waals surface area contributed by atoms with E-state index < -0.39 is 16.6 Å². The lowest BCUT2D eigenvalue weighted by atomic mass is 10.2. The number of carbonyl (C=O) groups is 1. The van der Waals surface area contributed by atoms with Crippen LogP contribution in [0.1, 0.15) is 32.8 Å². The van der Waals surface area contributed by atoms with Gasteiger partial charge in [0.25, 0.3) is 5.69 Å². The Kier molecular flexibility index (Phi) is 6.53. The maximum Gasteiger partial charge on any atom is 0.410 e. The summed E-state index contributed by atoms with van der Waals surface area (Å²) in [5.74, 6) is 0.159. The smallest absolute Gasteiger partial charge is 0.410 e. The molecule has 0 spiro atoms. The summed E-state index contributed by atoms with van der Waals surface area (Å²) in [4.78, 5) is 23.4. The van der Waals surface area contributed by atoms with E-state index in [4.69, 9.17) is 14.7 Å². The Morgan fingerprint density at radius 3 is 2.62 bits per heavy atom. The van der Waals surface area contributed by atoms with Crippen molar-refractivity contribution in [1.82, 2.24) is 4.90 Å². The monoisotopic (exact) mass is 335 g/mol. The molecule has 8 heteroatoms. The maximum atomic E-state index is 11.8. The molecule has 0 N–H and O–H groups in total. The molecule has 130 valence electrons. The average molecular weight is 335 g/mol. The third-order valence-corrected chi connectivity index (χ3v) is 2.90. The van der Waals surface area contributed by atoms with Gasteiger partial charge in [0.1, 0.15) is 17.4 Å². The van der Waals surface area contributed by atoms with Gasteiger partial charge in [-0.2, -0.15) is 5.26 Å². The SMILES string of the molecule is CN(CCCOc1cc([N+](=O)[O-])ccc1C#N)C(=O)OC(C)(C)C. The zero-order chi connectivity index (χ0) is 18.3. The Morgan fingerprint density at radius 2 is 2.08 bits per heavy atom. The van der Waals surface area contributed by atoms with Gasteiger partial charge in [0.15, 0.2) is 0 Å². The van der Waals surface area contributed by atoms with Crippen LogP contribution in [0.5, 0.6) is 5.75 Å². The second-order valence-electron chi connectivity index (χ2n) is 6.15. The molecule has 0 aromatic heterocycles. The van der Waals surface area contributed by atoms with Crippen LogP contribution in [0.3, 0.4) is 0 Å². The summed E-state index contributed by atoms with van der Waals surface area (Å²) in [6.45, 7) is 5.96. The Labute approximate surface area is 140 Å². The van der Waals surface area contributed by atoms with E-state index in [1.165, 1.54) is 23.1 Å². The normalized spacial score (nSPS) is 10.6. The summed E-state index contributed by atoms with van der Waals surface area (Å²) < 4.78 is 10.7. The molecule has 24 heavy (non-hydrogen) atoms. The number of carbonyl (C=O) groups excluding carboxylic acids is 1. The van der Waals surface area contributed by atoms with Crippen LogP contribution >= 0.6 is 0 Å². The van der Waals surface area contributed by atoms with Gasteiger partial charge in [-0.25, -0.2) is 4.79 Å². The molecule has 0 aliphatic carbocycles. The molecule has 0 atom stereocenters. The van der Waals surface area contributed by atoms with Gasteiger partial charge in [0.2, 0.25) is 0 Å². The van der Waals surface area contributed by atoms with Crippen molar-refractivity contribution < 1.29 is 19.2 Å². The Bertz CT molecular complexity index is 646. The second-order valence-corrected chi connectivity index (χ2v) is 6.15. The van der Waals surface area contributed by atoms with Crippen LogP contribution in [0.15, 0.2) is 18.2 Å². The third-order valence-electron chi connectivity index (χ3n) is 2.90. The highest BCUT2D eigenvalue weighted by atomic mass is 16.6. The van der Waals surface area contributed by atoms with Crippen molar-refractivity contribution in [3.63, 3.8) is 0 Å². The van der Waals surface area contributed by atoms with Crippen molar-refractivity contribution in [3.05, 3.63) is 33.9 Å². The first-order valence-electron chi connectivity index (χ1n) is 7.39. The number of nitrogens with zero attached hydrogens (tertiary/aromatic N) is 3. The summed E-state index contributed by atoms with van der Waals surface area (Å²) in [5.41, 5.74) is -0.483. The van der Waals surface area contributed by atoms with Crippen molar-refractivity contribution in [2.45, 2.75) is 32.8 Å². The van der Waals surface area contributed by atoms with Crippen molar-refractivity contribution in [1.29, 1.82) is 5.26 Å². The fraction of sp³-hybridized carbons (Fsp3) is 0.500. The third kappa shape index (κ3) is 6.12. The van der Waals surface area contributed by atoms with Gasteiger partial charge in [0.05, 0.1) is 23.2 Å². The molecule has 0 aliphatic heterocycles.